The van der Waals surface area contributed by atoms with Crippen LogP contribution in [-0.2, 0) is 27.9 Å². The standard InChI is InChI=1S/C35H72NO7P/c1-3-5-7-9-11-13-14-15-16-17-18-19-20-21-23-25-27-30-40-32-34(33-42-44(38,39)41-31-29-36)43-35(37)28-26-24-22-12-10-8-6-4-2/h34H,3-33,36H2,1-2H3,(H,38,39). The fraction of sp³-hybridized carbons (Fsp3) is 0.971. The molecule has 0 aliphatic heterocycles. The second-order valence-corrected chi connectivity index (χ2v) is 13.9. The molecule has 0 aliphatic rings. The summed E-state index contributed by atoms with van der Waals surface area (Å²) in [7, 11) is -4.25. The minimum absolute atomic E-state index is 0.0908. The molecule has 264 valence electrons. The summed E-state index contributed by atoms with van der Waals surface area (Å²) in [5.74, 6) is -0.332. The average Bonchev–Trinajstić information content (AvgIpc) is 3.01. The largest absolute Gasteiger partial charge is 0.472 e. The summed E-state index contributed by atoms with van der Waals surface area (Å²) in [4.78, 5) is 22.2. The highest BCUT2D eigenvalue weighted by Gasteiger charge is 2.25. The van der Waals surface area contributed by atoms with Crippen molar-refractivity contribution in [2.45, 2.75) is 187 Å². The summed E-state index contributed by atoms with van der Waals surface area (Å²) in [6.45, 7) is 4.92. The zero-order chi connectivity index (χ0) is 32.4. The number of unbranched alkanes of at least 4 members (excludes halogenated alkanes) is 23. The minimum atomic E-state index is -4.25. The summed E-state index contributed by atoms with van der Waals surface area (Å²) in [5, 5.41) is 0. The lowest BCUT2D eigenvalue weighted by atomic mass is 10.0. The van der Waals surface area contributed by atoms with Crippen molar-refractivity contribution in [2.75, 3.05) is 33.0 Å². The third kappa shape index (κ3) is 32.9. The zero-order valence-corrected chi connectivity index (χ0v) is 29.8. The molecule has 0 spiro atoms. The first-order valence-electron chi connectivity index (χ1n) is 18.5. The number of phosphoric ester groups is 1. The average molecular weight is 650 g/mol. The van der Waals surface area contributed by atoms with Crippen molar-refractivity contribution in [3.05, 3.63) is 0 Å². The summed E-state index contributed by atoms with van der Waals surface area (Å²) >= 11 is 0. The van der Waals surface area contributed by atoms with Crippen LogP contribution in [0.4, 0.5) is 0 Å². The van der Waals surface area contributed by atoms with Crippen LogP contribution in [0.3, 0.4) is 0 Å². The molecule has 0 aromatic rings. The van der Waals surface area contributed by atoms with Gasteiger partial charge in [0, 0.05) is 19.6 Å². The van der Waals surface area contributed by atoms with E-state index < -0.39 is 13.9 Å². The van der Waals surface area contributed by atoms with Crippen LogP contribution in [0.5, 0.6) is 0 Å². The van der Waals surface area contributed by atoms with Crippen LogP contribution in [0.1, 0.15) is 181 Å². The van der Waals surface area contributed by atoms with E-state index >= 15 is 0 Å². The number of esters is 1. The third-order valence-electron chi connectivity index (χ3n) is 8.02. The smallest absolute Gasteiger partial charge is 0.457 e. The third-order valence-corrected chi connectivity index (χ3v) is 9.01. The molecule has 0 bridgehead atoms. The Morgan fingerprint density at radius 3 is 1.43 bits per heavy atom. The highest BCUT2D eigenvalue weighted by molar-refractivity contribution is 7.47. The molecule has 0 aliphatic carbocycles. The summed E-state index contributed by atoms with van der Waals surface area (Å²) < 4.78 is 33.2. The molecule has 0 fully saturated rings. The minimum Gasteiger partial charge on any atom is -0.457 e. The zero-order valence-electron chi connectivity index (χ0n) is 28.9. The van der Waals surface area contributed by atoms with Gasteiger partial charge in [-0.05, 0) is 12.8 Å². The van der Waals surface area contributed by atoms with Crippen LogP contribution in [0, 0.1) is 0 Å². The van der Waals surface area contributed by atoms with Crippen LogP contribution in [-0.4, -0.2) is 49.9 Å². The van der Waals surface area contributed by atoms with E-state index in [1.54, 1.807) is 0 Å². The van der Waals surface area contributed by atoms with Gasteiger partial charge in [0.05, 0.1) is 19.8 Å². The molecule has 44 heavy (non-hydrogen) atoms. The van der Waals surface area contributed by atoms with Crippen molar-refractivity contribution in [3.8, 4) is 0 Å². The Labute approximate surface area is 271 Å². The number of rotatable bonds is 36. The molecule has 2 unspecified atom stereocenters. The van der Waals surface area contributed by atoms with E-state index in [1.807, 2.05) is 0 Å². The normalized spacial score (nSPS) is 13.6. The molecule has 0 aromatic heterocycles. The van der Waals surface area contributed by atoms with Gasteiger partial charge in [0.2, 0.25) is 0 Å². The fourth-order valence-electron chi connectivity index (χ4n) is 5.29. The maximum atomic E-state index is 12.4. The molecule has 0 radical (unpaired) electrons. The molecular weight excluding hydrogens is 577 g/mol. The van der Waals surface area contributed by atoms with Crippen LogP contribution >= 0.6 is 7.82 Å². The van der Waals surface area contributed by atoms with Crippen molar-refractivity contribution in [3.63, 3.8) is 0 Å². The molecule has 0 rings (SSSR count). The van der Waals surface area contributed by atoms with E-state index in [9.17, 15) is 14.3 Å². The first-order valence-corrected chi connectivity index (χ1v) is 20.0. The van der Waals surface area contributed by atoms with E-state index in [4.69, 9.17) is 24.3 Å². The number of phosphoric acid groups is 1. The first kappa shape index (κ1) is 43.5. The van der Waals surface area contributed by atoms with E-state index in [1.165, 1.54) is 128 Å². The lowest BCUT2D eigenvalue weighted by Gasteiger charge is -2.20. The molecule has 8 nitrogen and oxygen atoms in total. The quantitative estimate of drug-likeness (QED) is 0.0391. The van der Waals surface area contributed by atoms with Gasteiger partial charge in [-0.3, -0.25) is 13.8 Å². The van der Waals surface area contributed by atoms with Crippen LogP contribution in [0.15, 0.2) is 0 Å². The summed E-state index contributed by atoms with van der Waals surface area (Å²) in [6, 6.07) is 0. The fourth-order valence-corrected chi connectivity index (χ4v) is 6.06. The van der Waals surface area contributed by atoms with E-state index in [0.717, 1.165) is 32.1 Å². The van der Waals surface area contributed by atoms with Gasteiger partial charge in [0.25, 0.3) is 0 Å². The molecule has 9 heteroatoms. The second kappa shape index (κ2) is 33.9. The van der Waals surface area contributed by atoms with Gasteiger partial charge in [0.1, 0.15) is 6.10 Å². The number of ether oxygens (including phenoxy) is 2. The molecule has 0 saturated heterocycles. The van der Waals surface area contributed by atoms with Crippen LogP contribution in [0.25, 0.3) is 0 Å². The maximum absolute atomic E-state index is 12.4. The van der Waals surface area contributed by atoms with Gasteiger partial charge in [-0.15, -0.1) is 0 Å². The van der Waals surface area contributed by atoms with E-state index in [-0.39, 0.29) is 32.3 Å². The highest BCUT2D eigenvalue weighted by atomic mass is 31.2. The summed E-state index contributed by atoms with van der Waals surface area (Å²) in [6.07, 6.45) is 31.2. The Balaban J connectivity index is 3.96. The monoisotopic (exact) mass is 650 g/mol. The Hall–Kier alpha value is -0.500. The number of nitrogens with two attached hydrogens (primary N) is 1. The van der Waals surface area contributed by atoms with Crippen molar-refractivity contribution in [1.29, 1.82) is 0 Å². The van der Waals surface area contributed by atoms with Crippen LogP contribution in [0.2, 0.25) is 0 Å². The Morgan fingerprint density at radius 1 is 0.591 bits per heavy atom. The Morgan fingerprint density at radius 2 is 1.00 bits per heavy atom. The van der Waals surface area contributed by atoms with Gasteiger partial charge in [-0.2, -0.15) is 0 Å². The molecule has 0 amide bonds. The molecular formula is C35H72NO7P. The number of carbonyl (C=O) groups is 1. The summed E-state index contributed by atoms with van der Waals surface area (Å²) in [5.41, 5.74) is 5.34. The van der Waals surface area contributed by atoms with Gasteiger partial charge in [0.15, 0.2) is 0 Å². The first-order chi connectivity index (χ1) is 21.4. The van der Waals surface area contributed by atoms with Crippen molar-refractivity contribution in [2.24, 2.45) is 5.73 Å². The van der Waals surface area contributed by atoms with Gasteiger partial charge in [-0.25, -0.2) is 4.57 Å². The molecule has 0 saturated carbocycles. The number of hydrogen-bond acceptors (Lipinski definition) is 7. The molecule has 0 heterocycles. The van der Waals surface area contributed by atoms with Gasteiger partial charge in [-0.1, -0.05) is 162 Å². The lowest BCUT2D eigenvalue weighted by Crippen LogP contribution is -2.28. The molecule has 3 N–H and O–H groups in total. The molecule has 0 aromatic carbocycles. The van der Waals surface area contributed by atoms with Crippen LogP contribution < -0.4 is 5.73 Å². The lowest BCUT2D eigenvalue weighted by molar-refractivity contribution is -0.154. The topological polar surface area (TPSA) is 117 Å². The Kier molecular flexibility index (Phi) is 33.5. The number of hydrogen-bond donors (Lipinski definition) is 2. The van der Waals surface area contributed by atoms with Crippen molar-refractivity contribution in [1.82, 2.24) is 0 Å². The van der Waals surface area contributed by atoms with Crippen molar-refractivity contribution < 1.29 is 32.8 Å². The Bertz CT molecular complexity index is 653. The van der Waals surface area contributed by atoms with Crippen molar-refractivity contribution >= 4 is 13.8 Å². The predicted molar refractivity (Wildman–Crippen MR) is 183 cm³/mol. The number of carbonyl (C=O) groups excluding carboxylic acids is 1. The van der Waals surface area contributed by atoms with Gasteiger partial charge >= 0.3 is 13.8 Å². The van der Waals surface area contributed by atoms with Gasteiger partial charge < -0.3 is 20.1 Å². The van der Waals surface area contributed by atoms with E-state index in [0.29, 0.717) is 13.0 Å². The SMILES string of the molecule is CCCCCCCCCCCCCCCCCCCOCC(COP(=O)(O)OCCN)OC(=O)CCCCCCCCCC. The highest BCUT2D eigenvalue weighted by Crippen LogP contribution is 2.43. The predicted octanol–water partition coefficient (Wildman–Crippen LogP) is 10.2. The second-order valence-electron chi connectivity index (χ2n) is 12.5. The molecule has 2 atom stereocenters. The maximum Gasteiger partial charge on any atom is 0.472 e. The van der Waals surface area contributed by atoms with E-state index in [2.05, 4.69) is 13.8 Å².